The van der Waals surface area contributed by atoms with Gasteiger partial charge in [0.2, 0.25) is 5.91 Å². The first kappa shape index (κ1) is 27.9. The van der Waals surface area contributed by atoms with Gasteiger partial charge in [0, 0.05) is 5.69 Å². The summed E-state index contributed by atoms with van der Waals surface area (Å²) in [7, 11) is -3.90. The Morgan fingerprint density at radius 3 is 1.97 bits per heavy atom. The number of hydrogen-bond donors (Lipinski definition) is 1. The smallest absolute Gasteiger partial charge is 0.339 e. The van der Waals surface area contributed by atoms with E-state index in [1.807, 2.05) is 6.92 Å². The fourth-order valence-electron chi connectivity index (χ4n) is 4.04. The van der Waals surface area contributed by atoms with E-state index in [2.05, 4.69) is 0 Å². The Morgan fingerprint density at radius 2 is 1.44 bits per heavy atom. The number of carbonyl (C=O) groups is 1. The SMILES string of the molecule is CCC(O)c1ccc(F)cc1.O=C1CC(c2ccc(OS(=O)(=O)c3ccccc3)cc2)N1c1ccc(F)cc1. The van der Waals surface area contributed by atoms with Gasteiger partial charge in [-0.15, -0.1) is 0 Å². The molecule has 39 heavy (non-hydrogen) atoms. The molecule has 0 aliphatic carbocycles. The largest absolute Gasteiger partial charge is 0.388 e. The molecule has 4 aromatic rings. The maximum atomic E-state index is 13.1. The Balaban J connectivity index is 0.000000270. The molecule has 2 atom stereocenters. The highest BCUT2D eigenvalue weighted by Gasteiger charge is 2.38. The van der Waals surface area contributed by atoms with Gasteiger partial charge in [-0.1, -0.05) is 49.4 Å². The van der Waals surface area contributed by atoms with Crippen LogP contribution in [-0.2, 0) is 14.9 Å². The van der Waals surface area contributed by atoms with Gasteiger partial charge >= 0.3 is 10.1 Å². The van der Waals surface area contributed by atoms with Crippen molar-refractivity contribution >= 4 is 21.7 Å². The molecule has 0 spiro atoms. The predicted molar refractivity (Wildman–Crippen MR) is 144 cm³/mol. The van der Waals surface area contributed by atoms with Crippen molar-refractivity contribution in [3.8, 4) is 5.75 Å². The minimum absolute atomic E-state index is 0.0522. The van der Waals surface area contributed by atoms with E-state index in [9.17, 15) is 27.1 Å². The van der Waals surface area contributed by atoms with Crippen LogP contribution in [0.2, 0.25) is 0 Å². The summed E-state index contributed by atoms with van der Waals surface area (Å²) < 4.78 is 55.2. The number of halogens is 2. The number of nitrogens with zero attached hydrogens (tertiary/aromatic N) is 1. The highest BCUT2D eigenvalue weighted by molar-refractivity contribution is 7.87. The summed E-state index contributed by atoms with van der Waals surface area (Å²) in [5, 5.41) is 9.30. The molecule has 5 rings (SSSR count). The molecule has 1 amide bonds. The van der Waals surface area contributed by atoms with Gasteiger partial charge in [-0.3, -0.25) is 4.79 Å². The third-order valence-corrected chi connectivity index (χ3v) is 7.46. The van der Waals surface area contributed by atoms with Gasteiger partial charge in [-0.05, 0) is 78.2 Å². The lowest BCUT2D eigenvalue weighted by Gasteiger charge is -2.40. The summed E-state index contributed by atoms with van der Waals surface area (Å²) in [6.45, 7) is 1.88. The van der Waals surface area contributed by atoms with Crippen molar-refractivity contribution < 1.29 is 31.3 Å². The van der Waals surface area contributed by atoms with E-state index >= 15 is 0 Å². The van der Waals surface area contributed by atoms with Gasteiger partial charge in [0.25, 0.3) is 0 Å². The summed E-state index contributed by atoms with van der Waals surface area (Å²) in [5.74, 6) is -0.498. The van der Waals surface area contributed by atoms with Crippen molar-refractivity contribution in [1.29, 1.82) is 0 Å². The van der Waals surface area contributed by atoms with Crippen LogP contribution in [0.3, 0.4) is 0 Å². The zero-order chi connectivity index (χ0) is 28.0. The van der Waals surface area contributed by atoms with Crippen LogP contribution in [0.4, 0.5) is 14.5 Å². The van der Waals surface area contributed by atoms with Crippen molar-refractivity contribution in [2.75, 3.05) is 4.90 Å². The molecule has 1 saturated heterocycles. The average Bonchev–Trinajstić information content (AvgIpc) is 2.94. The predicted octanol–water partition coefficient (Wildman–Crippen LogP) is 6.34. The third kappa shape index (κ3) is 6.87. The maximum Gasteiger partial charge on any atom is 0.339 e. The third-order valence-electron chi connectivity index (χ3n) is 6.20. The van der Waals surface area contributed by atoms with Crippen molar-refractivity contribution in [2.45, 2.75) is 36.8 Å². The molecule has 202 valence electrons. The van der Waals surface area contributed by atoms with Crippen LogP contribution in [0.5, 0.6) is 5.75 Å². The fraction of sp³-hybridized carbons (Fsp3) is 0.167. The van der Waals surface area contributed by atoms with Gasteiger partial charge in [0.1, 0.15) is 22.3 Å². The average molecular weight is 552 g/mol. The number of anilines is 1. The van der Waals surface area contributed by atoms with E-state index in [0.29, 0.717) is 18.5 Å². The van der Waals surface area contributed by atoms with E-state index in [1.54, 1.807) is 71.6 Å². The van der Waals surface area contributed by atoms with Crippen molar-refractivity contribution in [2.24, 2.45) is 0 Å². The Morgan fingerprint density at radius 1 is 0.872 bits per heavy atom. The van der Waals surface area contributed by atoms with Crippen LogP contribution in [-0.4, -0.2) is 19.4 Å². The molecule has 9 heteroatoms. The standard InChI is InChI=1S/C21H16FNO4S.C9H11FO/c22-16-8-10-17(11-9-16)23-20(14-21(23)24)15-6-12-18(13-7-15)27-28(25,26)19-4-2-1-3-5-19;1-2-9(11)7-3-5-8(10)6-4-7/h1-13,20H,14H2;3-6,9,11H,2H2,1H3. The number of carbonyl (C=O) groups excluding carboxylic acids is 1. The van der Waals surface area contributed by atoms with Crippen LogP contribution in [0.25, 0.3) is 0 Å². The molecular formula is C30H27F2NO5S. The number of rotatable bonds is 7. The molecule has 4 aromatic carbocycles. The lowest BCUT2D eigenvalue weighted by molar-refractivity contribution is -0.124. The number of benzene rings is 4. The summed E-state index contributed by atoms with van der Waals surface area (Å²) in [6, 6.07) is 25.9. The van der Waals surface area contributed by atoms with Crippen LogP contribution < -0.4 is 9.08 Å². The van der Waals surface area contributed by atoms with Crippen molar-refractivity contribution in [3.63, 3.8) is 0 Å². The van der Waals surface area contributed by atoms with Crippen LogP contribution in [0, 0.1) is 11.6 Å². The van der Waals surface area contributed by atoms with Crippen LogP contribution >= 0.6 is 0 Å². The first-order valence-corrected chi connectivity index (χ1v) is 13.7. The summed E-state index contributed by atoms with van der Waals surface area (Å²) in [4.78, 5) is 13.7. The molecule has 0 aromatic heterocycles. The number of amides is 1. The topological polar surface area (TPSA) is 83.9 Å². The Hall–Kier alpha value is -4.08. The van der Waals surface area contributed by atoms with Gasteiger partial charge in [0.15, 0.2) is 0 Å². The number of aliphatic hydroxyl groups is 1. The first-order chi connectivity index (χ1) is 18.7. The molecule has 1 N–H and O–H groups in total. The molecule has 0 saturated carbocycles. The monoisotopic (exact) mass is 551 g/mol. The quantitative estimate of drug-likeness (QED) is 0.214. The highest BCUT2D eigenvalue weighted by Crippen LogP contribution is 2.39. The van der Waals surface area contributed by atoms with E-state index in [1.165, 1.54) is 36.4 Å². The molecule has 1 heterocycles. The molecule has 1 fully saturated rings. The lowest BCUT2D eigenvalue weighted by Crippen LogP contribution is -2.46. The fourth-order valence-corrected chi connectivity index (χ4v) is 4.99. The van der Waals surface area contributed by atoms with E-state index in [0.717, 1.165) is 11.1 Å². The first-order valence-electron chi connectivity index (χ1n) is 12.3. The van der Waals surface area contributed by atoms with Gasteiger partial charge in [-0.2, -0.15) is 8.42 Å². The Kier molecular flexibility index (Phi) is 8.73. The Labute approximate surface area is 226 Å². The second-order valence-corrected chi connectivity index (χ2v) is 10.4. The van der Waals surface area contributed by atoms with Crippen molar-refractivity contribution in [3.05, 3.63) is 126 Å². The highest BCUT2D eigenvalue weighted by atomic mass is 32.2. The number of aliphatic hydroxyl groups excluding tert-OH is 1. The summed E-state index contributed by atoms with van der Waals surface area (Å²) in [5.41, 5.74) is 2.23. The van der Waals surface area contributed by atoms with Crippen molar-refractivity contribution in [1.82, 2.24) is 0 Å². The van der Waals surface area contributed by atoms with Crippen LogP contribution in [0.15, 0.2) is 108 Å². The molecular weight excluding hydrogens is 524 g/mol. The van der Waals surface area contributed by atoms with Gasteiger partial charge in [-0.25, -0.2) is 8.78 Å². The number of β-lactam (4-membered cyclic amide) rings is 1. The van der Waals surface area contributed by atoms with E-state index < -0.39 is 16.2 Å². The summed E-state index contributed by atoms with van der Waals surface area (Å²) >= 11 is 0. The zero-order valence-electron chi connectivity index (χ0n) is 21.1. The molecule has 0 radical (unpaired) electrons. The normalized spacial score (nSPS) is 15.5. The van der Waals surface area contributed by atoms with Gasteiger partial charge in [0.05, 0.1) is 18.6 Å². The molecule has 1 aliphatic heterocycles. The second kappa shape index (κ2) is 12.2. The van der Waals surface area contributed by atoms with E-state index in [4.69, 9.17) is 4.18 Å². The summed E-state index contributed by atoms with van der Waals surface area (Å²) in [6.07, 6.45) is 0.529. The van der Waals surface area contributed by atoms with Gasteiger partial charge < -0.3 is 14.2 Å². The molecule has 0 bridgehead atoms. The van der Waals surface area contributed by atoms with E-state index in [-0.39, 0.29) is 34.2 Å². The number of hydrogen-bond acceptors (Lipinski definition) is 5. The van der Waals surface area contributed by atoms with Crippen LogP contribution in [0.1, 0.15) is 43.0 Å². The second-order valence-electron chi connectivity index (χ2n) is 8.86. The molecule has 6 nitrogen and oxygen atoms in total. The minimum atomic E-state index is -3.90. The Bertz CT molecular complexity index is 1490. The lowest BCUT2D eigenvalue weighted by atomic mass is 9.93. The maximum absolute atomic E-state index is 13.1. The molecule has 2 unspecified atom stereocenters. The minimum Gasteiger partial charge on any atom is -0.388 e. The zero-order valence-corrected chi connectivity index (χ0v) is 21.9. The molecule has 1 aliphatic rings.